The van der Waals surface area contributed by atoms with Gasteiger partial charge in [-0.25, -0.2) is 12.8 Å². The van der Waals surface area contributed by atoms with Crippen LogP contribution >= 0.6 is 11.3 Å². The number of carbonyl (C=O) groups is 1. The first-order valence-corrected chi connectivity index (χ1v) is 10.8. The van der Waals surface area contributed by atoms with Crippen LogP contribution in [0.3, 0.4) is 0 Å². The maximum atomic E-state index is 13.1. The Morgan fingerprint density at radius 3 is 2.70 bits per heavy atom. The van der Waals surface area contributed by atoms with Gasteiger partial charge in [-0.2, -0.15) is 4.31 Å². The molecule has 1 aliphatic heterocycles. The van der Waals surface area contributed by atoms with Crippen molar-refractivity contribution >= 4 is 43.0 Å². The highest BCUT2D eigenvalue weighted by atomic mass is 32.2. The van der Waals surface area contributed by atoms with Gasteiger partial charge in [-0.1, -0.05) is 0 Å². The Morgan fingerprint density at radius 2 is 1.93 bits per heavy atom. The number of hydrogen-bond donors (Lipinski definition) is 1. The Morgan fingerprint density at radius 1 is 1.15 bits per heavy atom. The van der Waals surface area contributed by atoms with Gasteiger partial charge < -0.3 is 5.32 Å². The minimum atomic E-state index is -3.86. The van der Waals surface area contributed by atoms with Crippen LogP contribution in [0.1, 0.15) is 12.8 Å². The molecular weight excluding hydrogens is 387 g/mol. The lowest BCUT2D eigenvalue weighted by Crippen LogP contribution is -2.43. The van der Waals surface area contributed by atoms with Crippen molar-refractivity contribution in [3.8, 4) is 0 Å². The van der Waals surface area contributed by atoms with Gasteiger partial charge in [0.2, 0.25) is 15.9 Å². The van der Waals surface area contributed by atoms with E-state index in [1.165, 1.54) is 16.4 Å². The highest BCUT2D eigenvalue weighted by Gasteiger charge is 2.39. The third kappa shape index (κ3) is 3.47. The highest BCUT2D eigenvalue weighted by Crippen LogP contribution is 2.28. The normalized spacial score (nSPS) is 18.0. The summed E-state index contributed by atoms with van der Waals surface area (Å²) in [6.07, 6.45) is 1.05. The molecule has 1 atom stereocenters. The highest BCUT2D eigenvalue weighted by molar-refractivity contribution is 7.89. The fourth-order valence-electron chi connectivity index (χ4n) is 3.30. The van der Waals surface area contributed by atoms with E-state index in [1.54, 1.807) is 11.3 Å². The van der Waals surface area contributed by atoms with Crippen molar-refractivity contribution in [1.82, 2.24) is 4.31 Å². The van der Waals surface area contributed by atoms with E-state index in [-0.39, 0.29) is 17.3 Å². The number of benzene rings is 2. The van der Waals surface area contributed by atoms with Gasteiger partial charge in [0.05, 0.1) is 4.90 Å². The van der Waals surface area contributed by atoms with Crippen LogP contribution < -0.4 is 5.32 Å². The zero-order valence-corrected chi connectivity index (χ0v) is 15.9. The maximum absolute atomic E-state index is 13.1. The third-order valence-electron chi connectivity index (χ3n) is 4.65. The van der Waals surface area contributed by atoms with E-state index < -0.39 is 21.9 Å². The molecule has 8 heteroatoms. The number of anilines is 1. The van der Waals surface area contributed by atoms with E-state index in [4.69, 9.17) is 0 Å². The number of nitrogens with zero attached hydrogens (tertiary/aromatic N) is 1. The van der Waals surface area contributed by atoms with Crippen molar-refractivity contribution < 1.29 is 17.6 Å². The molecule has 1 amide bonds. The van der Waals surface area contributed by atoms with Crippen LogP contribution in [0.4, 0.5) is 10.1 Å². The summed E-state index contributed by atoms with van der Waals surface area (Å²) in [5, 5.41) is 5.83. The van der Waals surface area contributed by atoms with E-state index in [9.17, 15) is 17.6 Å². The largest absolute Gasteiger partial charge is 0.325 e. The van der Waals surface area contributed by atoms with Crippen molar-refractivity contribution in [1.29, 1.82) is 0 Å². The molecule has 0 bridgehead atoms. The second-order valence-corrected chi connectivity index (χ2v) is 9.23. The van der Waals surface area contributed by atoms with Gasteiger partial charge in [0.1, 0.15) is 11.9 Å². The molecule has 27 heavy (non-hydrogen) atoms. The van der Waals surface area contributed by atoms with E-state index in [0.29, 0.717) is 18.5 Å². The van der Waals surface area contributed by atoms with E-state index in [2.05, 4.69) is 5.32 Å². The molecule has 2 heterocycles. The van der Waals surface area contributed by atoms with Crippen LogP contribution in [0.2, 0.25) is 0 Å². The Balaban J connectivity index is 1.56. The molecule has 3 aromatic rings. The fourth-order valence-corrected chi connectivity index (χ4v) is 5.73. The Bertz CT molecular complexity index is 1090. The first kappa shape index (κ1) is 18.1. The molecule has 1 unspecified atom stereocenters. The molecule has 140 valence electrons. The monoisotopic (exact) mass is 404 g/mol. The summed E-state index contributed by atoms with van der Waals surface area (Å²) in [5.41, 5.74) is 0.636. The molecule has 2 aromatic carbocycles. The lowest BCUT2D eigenvalue weighted by molar-refractivity contribution is -0.119. The Hall–Kier alpha value is -2.29. The molecule has 0 spiro atoms. The molecule has 4 rings (SSSR count). The van der Waals surface area contributed by atoms with Crippen molar-refractivity contribution in [2.24, 2.45) is 0 Å². The molecule has 1 aromatic heterocycles. The van der Waals surface area contributed by atoms with Gasteiger partial charge in [-0.3, -0.25) is 4.79 Å². The molecule has 5 nitrogen and oxygen atoms in total. The molecular formula is C19H17FN2O3S2. The second-order valence-electron chi connectivity index (χ2n) is 6.39. The standard InChI is InChI=1S/C19H17FN2O3S2/c20-14-3-6-16(7-4-14)27(24,25)22-10-1-2-17(22)19(23)21-15-5-8-18-13(12-15)9-11-26-18/h3-9,11-12,17H,1-2,10H2,(H,21,23). The molecule has 0 aliphatic carbocycles. The Labute approximate surface area is 160 Å². The van der Waals surface area contributed by atoms with Crippen molar-refractivity contribution in [2.75, 3.05) is 11.9 Å². The van der Waals surface area contributed by atoms with Crippen molar-refractivity contribution in [3.05, 3.63) is 59.7 Å². The number of sulfonamides is 1. The zero-order valence-electron chi connectivity index (χ0n) is 14.3. The molecule has 1 fully saturated rings. The summed E-state index contributed by atoms with van der Waals surface area (Å²) >= 11 is 1.62. The predicted molar refractivity (Wildman–Crippen MR) is 104 cm³/mol. The van der Waals surface area contributed by atoms with Gasteiger partial charge in [0.25, 0.3) is 0 Å². The molecule has 1 saturated heterocycles. The summed E-state index contributed by atoms with van der Waals surface area (Å²) in [7, 11) is -3.86. The lowest BCUT2D eigenvalue weighted by Gasteiger charge is -2.23. The van der Waals surface area contributed by atoms with Crippen molar-refractivity contribution in [2.45, 2.75) is 23.8 Å². The fraction of sp³-hybridized carbons (Fsp3) is 0.211. The van der Waals surface area contributed by atoms with Crippen LogP contribution in [0.25, 0.3) is 10.1 Å². The van der Waals surface area contributed by atoms with Gasteiger partial charge in [-0.15, -0.1) is 11.3 Å². The van der Waals surface area contributed by atoms with Crippen LogP contribution in [0.15, 0.2) is 58.8 Å². The summed E-state index contributed by atoms with van der Waals surface area (Å²) < 4.78 is 41.2. The molecule has 0 radical (unpaired) electrons. The van der Waals surface area contributed by atoms with E-state index in [1.807, 2.05) is 29.6 Å². The zero-order chi connectivity index (χ0) is 19.0. The summed E-state index contributed by atoms with van der Waals surface area (Å²) in [6.45, 7) is 0.265. The predicted octanol–water partition coefficient (Wildman–Crippen LogP) is 3.83. The summed E-state index contributed by atoms with van der Waals surface area (Å²) in [6, 6.07) is 11.5. The van der Waals surface area contributed by atoms with Crippen LogP contribution in [-0.2, 0) is 14.8 Å². The quantitative estimate of drug-likeness (QED) is 0.719. The number of rotatable bonds is 4. The number of halogens is 1. The minimum Gasteiger partial charge on any atom is -0.325 e. The van der Waals surface area contributed by atoms with Gasteiger partial charge in [0.15, 0.2) is 0 Å². The van der Waals surface area contributed by atoms with Gasteiger partial charge in [-0.05, 0) is 72.1 Å². The average molecular weight is 404 g/mol. The molecule has 0 saturated carbocycles. The van der Waals surface area contributed by atoms with Crippen LogP contribution in [0.5, 0.6) is 0 Å². The SMILES string of the molecule is O=C(Nc1ccc2sccc2c1)C1CCCN1S(=O)(=O)c1ccc(F)cc1. The first-order chi connectivity index (χ1) is 12.9. The summed E-state index contributed by atoms with van der Waals surface area (Å²) in [5.74, 6) is -0.860. The van der Waals surface area contributed by atoms with E-state index in [0.717, 1.165) is 22.2 Å². The van der Waals surface area contributed by atoms with E-state index >= 15 is 0 Å². The number of thiophene rings is 1. The Kier molecular flexibility index (Phi) is 4.71. The van der Waals surface area contributed by atoms with Crippen LogP contribution in [-0.4, -0.2) is 31.2 Å². The number of nitrogens with one attached hydrogen (secondary N) is 1. The number of fused-ring (bicyclic) bond motifs is 1. The van der Waals surface area contributed by atoms with Gasteiger partial charge >= 0.3 is 0 Å². The van der Waals surface area contributed by atoms with Crippen LogP contribution in [0, 0.1) is 5.82 Å². The van der Waals surface area contributed by atoms with Gasteiger partial charge in [0, 0.05) is 16.9 Å². The molecule has 1 aliphatic rings. The topological polar surface area (TPSA) is 66.5 Å². The van der Waals surface area contributed by atoms with Crippen molar-refractivity contribution in [3.63, 3.8) is 0 Å². The number of amides is 1. The lowest BCUT2D eigenvalue weighted by atomic mass is 10.2. The smallest absolute Gasteiger partial charge is 0.243 e. The third-order valence-corrected chi connectivity index (χ3v) is 7.47. The first-order valence-electron chi connectivity index (χ1n) is 8.51. The average Bonchev–Trinajstić information content (AvgIpc) is 3.31. The molecule has 1 N–H and O–H groups in total. The maximum Gasteiger partial charge on any atom is 0.243 e. The second kappa shape index (κ2) is 7.03. The minimum absolute atomic E-state index is 0.0108. The summed E-state index contributed by atoms with van der Waals surface area (Å²) in [4.78, 5) is 12.7. The number of hydrogen-bond acceptors (Lipinski definition) is 4. The number of carbonyl (C=O) groups excluding carboxylic acids is 1.